The Morgan fingerprint density at radius 3 is 2.52 bits per heavy atom. The van der Waals surface area contributed by atoms with Crippen molar-refractivity contribution in [1.29, 1.82) is 0 Å². The molecule has 3 N–H and O–H groups in total. The number of carbonyl (C=O) groups is 2. The Morgan fingerprint density at radius 2 is 1.92 bits per heavy atom. The number of phenols is 1. The van der Waals surface area contributed by atoms with Crippen LogP contribution in [-0.2, 0) is 16.6 Å². The van der Waals surface area contributed by atoms with Gasteiger partial charge in [0.15, 0.2) is 0 Å². The van der Waals surface area contributed by atoms with Gasteiger partial charge >= 0.3 is 5.97 Å². The zero-order valence-electron chi connectivity index (χ0n) is 14.1. The minimum absolute atomic E-state index is 0.0540. The fraction of sp³-hybridized carbons (Fsp3) is 0.278. The molecular formula is C18H19ClN2O4. The lowest BCUT2D eigenvalue weighted by atomic mass is 9.85. The van der Waals surface area contributed by atoms with Gasteiger partial charge in [0.2, 0.25) is 5.91 Å². The van der Waals surface area contributed by atoms with Crippen molar-refractivity contribution in [1.82, 2.24) is 4.98 Å². The van der Waals surface area contributed by atoms with Crippen LogP contribution in [0.2, 0.25) is 5.02 Å². The standard InChI is InChI=1S/C18H19ClN2O4/c1-18(2,3)12-9-13(19)10(6-15(12)22)7-16(23)21-11-4-5-20-14(8-11)17(24)25/h4-6,8-9,22H,7H2,1-3H3,(H,24,25)(H,20,21,23). The highest BCUT2D eigenvalue weighted by Gasteiger charge is 2.21. The maximum Gasteiger partial charge on any atom is 0.354 e. The number of benzene rings is 1. The molecule has 2 rings (SSSR count). The van der Waals surface area contributed by atoms with Crippen LogP contribution in [0.1, 0.15) is 42.4 Å². The first kappa shape index (κ1) is 18.7. The van der Waals surface area contributed by atoms with Gasteiger partial charge in [0.05, 0.1) is 6.42 Å². The van der Waals surface area contributed by atoms with E-state index in [0.717, 1.165) is 0 Å². The minimum Gasteiger partial charge on any atom is -0.508 e. The summed E-state index contributed by atoms with van der Waals surface area (Å²) in [6.45, 7) is 5.86. The summed E-state index contributed by atoms with van der Waals surface area (Å²) in [6.07, 6.45) is 1.25. The van der Waals surface area contributed by atoms with E-state index in [9.17, 15) is 14.7 Å². The molecule has 1 aromatic carbocycles. The molecule has 1 amide bonds. The highest BCUT2D eigenvalue weighted by atomic mass is 35.5. The molecule has 25 heavy (non-hydrogen) atoms. The SMILES string of the molecule is CC(C)(C)c1cc(Cl)c(CC(=O)Nc2ccnc(C(=O)O)c2)cc1O. The predicted molar refractivity (Wildman–Crippen MR) is 95.3 cm³/mol. The lowest BCUT2D eigenvalue weighted by Crippen LogP contribution is -2.16. The van der Waals surface area contributed by atoms with Crippen LogP contribution >= 0.6 is 11.6 Å². The molecule has 0 unspecified atom stereocenters. The summed E-state index contributed by atoms with van der Waals surface area (Å²) in [5.41, 5.74) is 1.06. The number of nitrogens with one attached hydrogen (secondary N) is 1. The second kappa shape index (κ2) is 7.11. The first-order valence-corrected chi connectivity index (χ1v) is 7.97. The van der Waals surface area contributed by atoms with Crippen molar-refractivity contribution >= 4 is 29.2 Å². The Labute approximate surface area is 150 Å². The van der Waals surface area contributed by atoms with Gasteiger partial charge in [0.1, 0.15) is 11.4 Å². The molecular weight excluding hydrogens is 344 g/mol. The summed E-state index contributed by atoms with van der Waals surface area (Å²) in [6, 6.07) is 5.90. The van der Waals surface area contributed by atoms with Gasteiger partial charge in [-0.2, -0.15) is 0 Å². The summed E-state index contributed by atoms with van der Waals surface area (Å²) < 4.78 is 0. The van der Waals surface area contributed by atoms with Gasteiger partial charge in [0.25, 0.3) is 0 Å². The van der Waals surface area contributed by atoms with Crippen LogP contribution in [-0.4, -0.2) is 27.1 Å². The van der Waals surface area contributed by atoms with Crippen molar-refractivity contribution < 1.29 is 19.8 Å². The molecule has 0 bridgehead atoms. The number of carbonyl (C=O) groups excluding carboxylic acids is 1. The Balaban J connectivity index is 2.17. The van der Waals surface area contributed by atoms with Crippen molar-refractivity contribution in [3.05, 3.63) is 52.3 Å². The number of anilines is 1. The lowest BCUT2D eigenvalue weighted by Gasteiger charge is -2.21. The number of aromatic carboxylic acids is 1. The second-order valence-electron chi connectivity index (χ2n) is 6.67. The highest BCUT2D eigenvalue weighted by molar-refractivity contribution is 6.31. The highest BCUT2D eigenvalue weighted by Crippen LogP contribution is 2.35. The lowest BCUT2D eigenvalue weighted by molar-refractivity contribution is -0.115. The minimum atomic E-state index is -1.18. The van der Waals surface area contributed by atoms with Gasteiger partial charge in [0, 0.05) is 22.5 Å². The van der Waals surface area contributed by atoms with Crippen LogP contribution in [0.4, 0.5) is 5.69 Å². The number of phenolic OH excluding ortho intramolecular Hbond substituents is 1. The normalized spacial score (nSPS) is 11.2. The summed E-state index contributed by atoms with van der Waals surface area (Å²) in [5.74, 6) is -1.48. The van der Waals surface area contributed by atoms with E-state index in [-0.39, 0.29) is 29.2 Å². The van der Waals surface area contributed by atoms with Crippen LogP contribution in [0.15, 0.2) is 30.5 Å². The van der Waals surface area contributed by atoms with E-state index in [2.05, 4.69) is 10.3 Å². The Kier molecular flexibility index (Phi) is 5.33. The van der Waals surface area contributed by atoms with Crippen LogP contribution in [0, 0.1) is 0 Å². The topological polar surface area (TPSA) is 99.5 Å². The quantitative estimate of drug-likeness (QED) is 0.771. The number of nitrogens with zero attached hydrogens (tertiary/aromatic N) is 1. The summed E-state index contributed by atoms with van der Waals surface area (Å²) >= 11 is 6.24. The first-order valence-electron chi connectivity index (χ1n) is 7.59. The van der Waals surface area contributed by atoms with Gasteiger partial charge in [-0.15, -0.1) is 0 Å². The zero-order valence-corrected chi connectivity index (χ0v) is 14.9. The van der Waals surface area contributed by atoms with Crippen LogP contribution in [0.5, 0.6) is 5.75 Å². The number of halogens is 1. The van der Waals surface area contributed by atoms with E-state index in [1.54, 1.807) is 6.07 Å². The third-order valence-corrected chi connectivity index (χ3v) is 3.94. The number of hydrogen-bond donors (Lipinski definition) is 3. The molecule has 0 spiro atoms. The third-order valence-electron chi connectivity index (χ3n) is 3.59. The molecule has 1 heterocycles. The molecule has 0 fully saturated rings. The Morgan fingerprint density at radius 1 is 1.24 bits per heavy atom. The summed E-state index contributed by atoms with van der Waals surface area (Å²) in [4.78, 5) is 26.8. The predicted octanol–water partition coefficient (Wildman–Crippen LogP) is 3.62. The molecule has 0 aliphatic carbocycles. The van der Waals surface area contributed by atoms with Crippen molar-refractivity contribution in [2.75, 3.05) is 5.32 Å². The van der Waals surface area contributed by atoms with Crippen molar-refractivity contribution in [3.63, 3.8) is 0 Å². The number of carboxylic acid groups (broad SMARTS) is 1. The van der Waals surface area contributed by atoms with Crippen molar-refractivity contribution in [3.8, 4) is 5.75 Å². The number of aromatic nitrogens is 1. The molecule has 6 nitrogen and oxygen atoms in total. The third kappa shape index (κ3) is 4.70. The number of carboxylic acids is 1. The van der Waals surface area contributed by atoms with Crippen LogP contribution in [0.3, 0.4) is 0 Å². The second-order valence-corrected chi connectivity index (χ2v) is 7.08. The maximum absolute atomic E-state index is 12.2. The average Bonchev–Trinajstić information content (AvgIpc) is 2.49. The number of pyridine rings is 1. The first-order chi connectivity index (χ1) is 11.6. The smallest absolute Gasteiger partial charge is 0.354 e. The van der Waals surface area contributed by atoms with Crippen LogP contribution < -0.4 is 5.32 Å². The molecule has 7 heteroatoms. The summed E-state index contributed by atoms with van der Waals surface area (Å²) in [5, 5.41) is 22.1. The van der Waals surface area contributed by atoms with Crippen LogP contribution in [0.25, 0.3) is 0 Å². The van der Waals surface area contributed by atoms with E-state index >= 15 is 0 Å². The van der Waals surface area contributed by atoms with Gasteiger partial charge in [-0.05, 0) is 35.2 Å². The molecule has 0 radical (unpaired) electrons. The molecule has 0 saturated carbocycles. The van der Waals surface area contributed by atoms with Gasteiger partial charge in [-0.25, -0.2) is 9.78 Å². The van der Waals surface area contributed by atoms with Crippen molar-refractivity contribution in [2.45, 2.75) is 32.6 Å². The summed E-state index contributed by atoms with van der Waals surface area (Å²) in [7, 11) is 0. The monoisotopic (exact) mass is 362 g/mol. The number of aromatic hydroxyl groups is 1. The van der Waals surface area contributed by atoms with E-state index in [1.165, 1.54) is 24.4 Å². The van der Waals surface area contributed by atoms with Gasteiger partial charge in [-0.3, -0.25) is 4.79 Å². The van der Waals surface area contributed by atoms with E-state index in [1.807, 2.05) is 20.8 Å². The Hall–Kier alpha value is -2.60. The molecule has 132 valence electrons. The molecule has 0 aliphatic heterocycles. The average molecular weight is 363 g/mol. The molecule has 0 saturated heterocycles. The number of rotatable bonds is 4. The molecule has 0 atom stereocenters. The molecule has 1 aromatic heterocycles. The fourth-order valence-electron chi connectivity index (χ4n) is 2.34. The zero-order chi connectivity index (χ0) is 18.8. The van der Waals surface area contributed by atoms with Gasteiger partial charge in [-0.1, -0.05) is 32.4 Å². The maximum atomic E-state index is 12.2. The van der Waals surface area contributed by atoms with Gasteiger partial charge < -0.3 is 15.5 Å². The molecule has 2 aromatic rings. The Bertz CT molecular complexity index is 828. The number of amides is 1. The van der Waals surface area contributed by atoms with E-state index < -0.39 is 5.97 Å². The number of hydrogen-bond acceptors (Lipinski definition) is 4. The largest absolute Gasteiger partial charge is 0.508 e. The van der Waals surface area contributed by atoms with E-state index in [4.69, 9.17) is 16.7 Å². The molecule has 0 aliphatic rings. The van der Waals surface area contributed by atoms with E-state index in [0.29, 0.717) is 21.8 Å². The fourth-order valence-corrected chi connectivity index (χ4v) is 2.58. The van der Waals surface area contributed by atoms with Crippen molar-refractivity contribution in [2.24, 2.45) is 0 Å².